The molecule has 0 amide bonds. The molecule has 34 heavy (non-hydrogen) atoms. The van der Waals surface area contributed by atoms with E-state index in [0.717, 1.165) is 84.8 Å². The van der Waals surface area contributed by atoms with Gasteiger partial charge in [0, 0.05) is 65.8 Å². The Morgan fingerprint density at radius 2 is 2.03 bits per heavy atom. The maximum absolute atomic E-state index is 11.7. The van der Waals surface area contributed by atoms with Gasteiger partial charge in [-0.05, 0) is 43.4 Å². The van der Waals surface area contributed by atoms with E-state index in [2.05, 4.69) is 37.8 Å². The molecule has 2 N–H and O–H groups in total. The molecule has 0 bridgehead atoms. The van der Waals surface area contributed by atoms with Crippen molar-refractivity contribution in [3.63, 3.8) is 0 Å². The molecule has 3 fully saturated rings. The lowest BCUT2D eigenvalue weighted by Crippen LogP contribution is -2.50. The molecule has 3 aromatic rings. The minimum Gasteiger partial charge on any atom is -0.491 e. The standard InChI is InChI=1S/C25H31N5O3S/c26-24-23-22(17-3-1-4-20(11-17)33-15-21-5-2-8-32-21)14-30(25(23)28-16-27-24)19-12-18(13-19)29-6-9-34(31)10-7-29/h1,3-4,11,14,16,18-19,21H,2,5-10,12-13,15H2,(H2,26,27,28)/t18?,19?,21-/m0/s1. The second kappa shape index (κ2) is 9.28. The molecule has 1 aromatic carbocycles. The van der Waals surface area contributed by atoms with Crippen molar-refractivity contribution in [2.24, 2.45) is 0 Å². The Kier molecular flexibility index (Phi) is 6.01. The second-order valence-electron chi connectivity index (χ2n) is 9.54. The Morgan fingerprint density at radius 3 is 2.82 bits per heavy atom. The zero-order valence-electron chi connectivity index (χ0n) is 19.3. The fourth-order valence-corrected chi connectivity index (χ4v) is 6.51. The number of nitrogens with two attached hydrogens (primary N) is 1. The molecule has 0 radical (unpaired) electrons. The number of nitrogens with zero attached hydrogens (tertiary/aromatic N) is 4. The molecule has 1 atom stereocenters. The van der Waals surface area contributed by atoms with Gasteiger partial charge in [0.1, 0.15) is 30.1 Å². The van der Waals surface area contributed by atoms with Crippen LogP contribution in [-0.2, 0) is 15.5 Å². The summed E-state index contributed by atoms with van der Waals surface area (Å²) in [7, 11) is -0.639. The van der Waals surface area contributed by atoms with Gasteiger partial charge in [-0.25, -0.2) is 9.97 Å². The molecule has 0 spiro atoms. The highest BCUT2D eigenvalue weighted by molar-refractivity contribution is 7.85. The Hall–Kier alpha value is -2.49. The van der Waals surface area contributed by atoms with Gasteiger partial charge < -0.3 is 19.8 Å². The molecule has 6 rings (SSSR count). The molecule has 1 aliphatic carbocycles. The number of benzene rings is 1. The number of rotatable bonds is 6. The average molecular weight is 482 g/mol. The topological polar surface area (TPSA) is 95.5 Å². The first-order valence-electron chi connectivity index (χ1n) is 12.2. The third-order valence-corrected chi connectivity index (χ3v) is 8.73. The molecule has 2 aliphatic heterocycles. The summed E-state index contributed by atoms with van der Waals surface area (Å²) in [6, 6.07) is 9.08. The summed E-state index contributed by atoms with van der Waals surface area (Å²) in [5.41, 5.74) is 9.32. The van der Waals surface area contributed by atoms with Crippen LogP contribution in [0.25, 0.3) is 22.2 Å². The summed E-state index contributed by atoms with van der Waals surface area (Å²) in [6.07, 6.45) is 8.22. The third-order valence-electron chi connectivity index (χ3n) is 7.45. The van der Waals surface area contributed by atoms with Gasteiger partial charge in [-0.2, -0.15) is 0 Å². The number of anilines is 1. The SMILES string of the molecule is Nc1ncnc2c1c(-c1cccc(OC[C@@H]3CCCO3)c1)cn2C1CC(N2CCS(=O)CC2)C1. The number of nitrogen functional groups attached to an aromatic ring is 1. The molecule has 9 heteroatoms. The number of hydrogen-bond acceptors (Lipinski definition) is 7. The van der Waals surface area contributed by atoms with Gasteiger partial charge in [-0.3, -0.25) is 9.11 Å². The van der Waals surface area contributed by atoms with Crippen molar-refractivity contribution in [3.8, 4) is 16.9 Å². The van der Waals surface area contributed by atoms with Gasteiger partial charge in [0.15, 0.2) is 0 Å². The van der Waals surface area contributed by atoms with E-state index in [4.69, 9.17) is 15.2 Å². The van der Waals surface area contributed by atoms with Crippen molar-refractivity contribution in [2.75, 3.05) is 43.5 Å². The fraction of sp³-hybridized carbons (Fsp3) is 0.520. The summed E-state index contributed by atoms with van der Waals surface area (Å²) < 4.78 is 25.7. The third kappa shape index (κ3) is 4.21. The zero-order valence-corrected chi connectivity index (χ0v) is 20.1. The van der Waals surface area contributed by atoms with Crippen LogP contribution in [0.1, 0.15) is 31.7 Å². The molecule has 2 aromatic heterocycles. The average Bonchev–Trinajstić information content (AvgIpc) is 3.47. The summed E-state index contributed by atoms with van der Waals surface area (Å²) >= 11 is 0. The van der Waals surface area contributed by atoms with Crippen LogP contribution >= 0.6 is 0 Å². The van der Waals surface area contributed by atoms with Crippen LogP contribution in [0.15, 0.2) is 36.8 Å². The lowest BCUT2D eigenvalue weighted by atomic mass is 9.85. The Morgan fingerprint density at radius 1 is 1.18 bits per heavy atom. The molecular formula is C25H31N5O3S. The number of ether oxygens (including phenoxy) is 2. The summed E-state index contributed by atoms with van der Waals surface area (Å²) in [5, 5.41) is 0.899. The fourth-order valence-electron chi connectivity index (χ4n) is 5.43. The van der Waals surface area contributed by atoms with E-state index in [-0.39, 0.29) is 6.10 Å². The van der Waals surface area contributed by atoms with Crippen LogP contribution in [0.3, 0.4) is 0 Å². The number of fused-ring (bicyclic) bond motifs is 1. The van der Waals surface area contributed by atoms with Crippen LogP contribution in [-0.4, -0.2) is 73.6 Å². The Bertz CT molecular complexity index is 1190. The zero-order chi connectivity index (χ0) is 23.1. The van der Waals surface area contributed by atoms with Crippen molar-refractivity contribution >= 4 is 27.7 Å². The van der Waals surface area contributed by atoms with Crippen molar-refractivity contribution < 1.29 is 13.7 Å². The van der Waals surface area contributed by atoms with E-state index >= 15 is 0 Å². The molecular weight excluding hydrogens is 450 g/mol. The monoisotopic (exact) mass is 481 g/mol. The summed E-state index contributed by atoms with van der Waals surface area (Å²) in [5.74, 6) is 2.92. The Balaban J connectivity index is 1.25. The van der Waals surface area contributed by atoms with Crippen molar-refractivity contribution in [2.45, 2.75) is 43.9 Å². The molecule has 0 unspecified atom stereocenters. The van der Waals surface area contributed by atoms with Gasteiger partial charge in [0.2, 0.25) is 0 Å². The number of aromatic nitrogens is 3. The molecule has 3 aliphatic rings. The minimum absolute atomic E-state index is 0.182. The van der Waals surface area contributed by atoms with Gasteiger partial charge in [-0.1, -0.05) is 12.1 Å². The van der Waals surface area contributed by atoms with Gasteiger partial charge >= 0.3 is 0 Å². The van der Waals surface area contributed by atoms with Crippen LogP contribution in [0.5, 0.6) is 5.75 Å². The predicted octanol–water partition coefficient (Wildman–Crippen LogP) is 3.01. The maximum Gasteiger partial charge on any atom is 0.146 e. The van der Waals surface area contributed by atoms with Crippen LogP contribution in [0.2, 0.25) is 0 Å². The van der Waals surface area contributed by atoms with Gasteiger partial charge in [0.05, 0.1) is 11.5 Å². The van der Waals surface area contributed by atoms with E-state index in [9.17, 15) is 4.21 Å². The second-order valence-corrected chi connectivity index (χ2v) is 11.2. The predicted molar refractivity (Wildman–Crippen MR) is 133 cm³/mol. The van der Waals surface area contributed by atoms with Crippen LogP contribution < -0.4 is 10.5 Å². The highest BCUT2D eigenvalue weighted by Gasteiger charge is 2.37. The number of hydrogen-bond donors (Lipinski definition) is 1. The summed E-state index contributed by atoms with van der Waals surface area (Å²) in [6.45, 7) is 3.28. The smallest absolute Gasteiger partial charge is 0.146 e. The van der Waals surface area contributed by atoms with Crippen LogP contribution in [0, 0.1) is 0 Å². The summed E-state index contributed by atoms with van der Waals surface area (Å²) in [4.78, 5) is 11.4. The molecule has 8 nitrogen and oxygen atoms in total. The van der Waals surface area contributed by atoms with Crippen molar-refractivity contribution in [1.82, 2.24) is 19.4 Å². The first-order chi connectivity index (χ1) is 16.7. The lowest BCUT2D eigenvalue weighted by molar-refractivity contribution is 0.0680. The molecule has 1 saturated carbocycles. The largest absolute Gasteiger partial charge is 0.491 e. The molecule has 4 heterocycles. The first kappa shape index (κ1) is 22.0. The van der Waals surface area contributed by atoms with Crippen molar-refractivity contribution in [3.05, 3.63) is 36.8 Å². The van der Waals surface area contributed by atoms with Crippen molar-refractivity contribution in [1.29, 1.82) is 0 Å². The highest BCUT2D eigenvalue weighted by atomic mass is 32.2. The van der Waals surface area contributed by atoms with E-state index < -0.39 is 10.8 Å². The van der Waals surface area contributed by atoms with E-state index in [1.807, 2.05) is 12.1 Å². The lowest BCUT2D eigenvalue weighted by Gasteiger charge is -2.44. The highest BCUT2D eigenvalue weighted by Crippen LogP contribution is 2.42. The molecule has 2 saturated heterocycles. The Labute approximate surface area is 201 Å². The first-order valence-corrected chi connectivity index (χ1v) is 13.7. The van der Waals surface area contributed by atoms with Crippen LogP contribution in [0.4, 0.5) is 5.82 Å². The van der Waals surface area contributed by atoms with E-state index in [1.165, 1.54) is 0 Å². The minimum atomic E-state index is -0.639. The van der Waals surface area contributed by atoms with Gasteiger partial charge in [-0.15, -0.1) is 0 Å². The normalized spacial score (nSPS) is 26.1. The maximum atomic E-state index is 11.7. The molecule has 180 valence electrons. The quantitative estimate of drug-likeness (QED) is 0.578. The van der Waals surface area contributed by atoms with Gasteiger partial charge in [0.25, 0.3) is 0 Å². The van der Waals surface area contributed by atoms with E-state index in [0.29, 0.717) is 24.5 Å². The van der Waals surface area contributed by atoms with E-state index in [1.54, 1.807) is 6.33 Å².